The summed E-state index contributed by atoms with van der Waals surface area (Å²) in [6, 6.07) is -0.00761. The number of piperidine rings is 1. The molecule has 0 spiro atoms. The first-order chi connectivity index (χ1) is 9.38. The molecule has 5 atom stereocenters. The van der Waals surface area contributed by atoms with E-state index in [-0.39, 0.29) is 18.1 Å². The Labute approximate surface area is 120 Å². The average molecular weight is 280 g/mol. The Hall–Kier alpha value is -1.52. The molecule has 0 aromatic carbocycles. The molecule has 2 rings (SSSR count). The van der Waals surface area contributed by atoms with Crippen LogP contribution in [-0.2, 0) is 4.79 Å². The number of urea groups is 1. The largest absolute Gasteiger partial charge is 0.481 e. The molecule has 2 aliphatic rings. The highest BCUT2D eigenvalue weighted by molar-refractivity contribution is 5.77. The summed E-state index contributed by atoms with van der Waals surface area (Å²) in [4.78, 5) is 25.2. The second-order valence-electron chi connectivity index (χ2n) is 6.33. The molecule has 1 aliphatic carbocycles. The van der Waals surface area contributed by atoms with Gasteiger partial charge < -0.3 is 15.3 Å². The van der Waals surface area contributed by atoms with Crippen LogP contribution in [0.1, 0.15) is 33.6 Å². The minimum atomic E-state index is -0.827. The maximum absolute atomic E-state index is 12.4. The van der Waals surface area contributed by atoms with Gasteiger partial charge in [0.2, 0.25) is 0 Å². The van der Waals surface area contributed by atoms with E-state index in [1.54, 1.807) is 12.2 Å². The predicted molar refractivity (Wildman–Crippen MR) is 76.3 cm³/mol. The van der Waals surface area contributed by atoms with Crippen molar-refractivity contribution in [2.45, 2.75) is 45.7 Å². The summed E-state index contributed by atoms with van der Waals surface area (Å²) in [5.74, 6) is -0.295. The molecule has 5 nitrogen and oxygen atoms in total. The number of carboxylic acids is 1. The SMILES string of the molecule is CC1CC(C)C(C)N(C(=O)NC2C=CC(C(=O)O)C2)C1. The second kappa shape index (κ2) is 5.85. The fourth-order valence-corrected chi connectivity index (χ4v) is 3.21. The van der Waals surface area contributed by atoms with Crippen LogP contribution in [0.4, 0.5) is 4.79 Å². The van der Waals surface area contributed by atoms with Crippen LogP contribution in [0.15, 0.2) is 12.2 Å². The van der Waals surface area contributed by atoms with E-state index >= 15 is 0 Å². The third-order valence-corrected chi connectivity index (χ3v) is 4.57. The molecular weight excluding hydrogens is 256 g/mol. The number of hydrogen-bond donors (Lipinski definition) is 2. The van der Waals surface area contributed by atoms with Gasteiger partial charge in [-0.3, -0.25) is 4.79 Å². The van der Waals surface area contributed by atoms with Crippen molar-refractivity contribution >= 4 is 12.0 Å². The van der Waals surface area contributed by atoms with Gasteiger partial charge in [-0.05, 0) is 31.6 Å². The number of carbonyl (C=O) groups excluding carboxylic acids is 1. The molecule has 1 fully saturated rings. The van der Waals surface area contributed by atoms with Gasteiger partial charge in [-0.2, -0.15) is 0 Å². The maximum Gasteiger partial charge on any atom is 0.318 e. The number of carbonyl (C=O) groups is 2. The van der Waals surface area contributed by atoms with Crippen molar-refractivity contribution in [2.24, 2.45) is 17.8 Å². The predicted octanol–water partition coefficient (Wildman–Crippen LogP) is 2.09. The van der Waals surface area contributed by atoms with Gasteiger partial charge in [0.15, 0.2) is 0 Å². The lowest BCUT2D eigenvalue weighted by atomic mass is 9.86. The van der Waals surface area contributed by atoms with E-state index < -0.39 is 11.9 Å². The minimum Gasteiger partial charge on any atom is -0.481 e. The Morgan fingerprint density at radius 1 is 1.20 bits per heavy atom. The lowest BCUT2D eigenvalue weighted by Crippen LogP contribution is -2.54. The summed E-state index contributed by atoms with van der Waals surface area (Å²) in [6.07, 6.45) is 5.06. The summed E-state index contributed by atoms with van der Waals surface area (Å²) in [5, 5.41) is 11.9. The van der Waals surface area contributed by atoms with Crippen molar-refractivity contribution in [3.05, 3.63) is 12.2 Å². The molecule has 0 aromatic rings. The molecule has 5 unspecified atom stereocenters. The molecule has 112 valence electrons. The van der Waals surface area contributed by atoms with E-state index in [2.05, 4.69) is 26.1 Å². The number of rotatable bonds is 2. The summed E-state index contributed by atoms with van der Waals surface area (Å²) in [5.41, 5.74) is 0. The standard InChI is InChI=1S/C15H24N2O3/c1-9-6-10(2)11(3)17(8-9)15(20)16-13-5-4-12(7-13)14(18)19/h4-5,9-13H,6-8H2,1-3H3,(H,16,20)(H,18,19). The van der Waals surface area contributed by atoms with Crippen LogP contribution < -0.4 is 5.32 Å². The van der Waals surface area contributed by atoms with Gasteiger partial charge in [-0.15, -0.1) is 0 Å². The Kier molecular flexibility index (Phi) is 4.35. The summed E-state index contributed by atoms with van der Waals surface area (Å²) in [6.45, 7) is 7.20. The average Bonchev–Trinajstić information content (AvgIpc) is 2.82. The van der Waals surface area contributed by atoms with Crippen LogP contribution in [0.2, 0.25) is 0 Å². The molecule has 0 radical (unpaired) electrons. The summed E-state index contributed by atoms with van der Waals surface area (Å²) >= 11 is 0. The van der Waals surface area contributed by atoms with Crippen molar-refractivity contribution in [3.8, 4) is 0 Å². The van der Waals surface area contributed by atoms with Crippen molar-refractivity contribution in [2.75, 3.05) is 6.54 Å². The molecule has 2 N–H and O–H groups in total. The number of nitrogens with zero attached hydrogens (tertiary/aromatic N) is 1. The quantitative estimate of drug-likeness (QED) is 0.761. The van der Waals surface area contributed by atoms with Gasteiger partial charge in [0.1, 0.15) is 0 Å². The molecule has 0 saturated carbocycles. The van der Waals surface area contributed by atoms with Crippen LogP contribution in [0.25, 0.3) is 0 Å². The molecule has 2 amide bonds. The van der Waals surface area contributed by atoms with Gasteiger partial charge in [-0.1, -0.05) is 26.0 Å². The second-order valence-corrected chi connectivity index (χ2v) is 6.33. The molecule has 1 heterocycles. The number of amides is 2. The Balaban J connectivity index is 1.92. The lowest BCUT2D eigenvalue weighted by molar-refractivity contribution is -0.140. The molecular formula is C15H24N2O3. The molecule has 1 saturated heterocycles. The molecule has 0 bridgehead atoms. The number of nitrogens with one attached hydrogen (secondary N) is 1. The molecule has 1 aliphatic heterocycles. The van der Waals surface area contributed by atoms with E-state index in [0.717, 1.165) is 13.0 Å². The van der Waals surface area contributed by atoms with Gasteiger partial charge >= 0.3 is 12.0 Å². The van der Waals surface area contributed by atoms with Gasteiger partial charge in [-0.25, -0.2) is 4.79 Å². The van der Waals surface area contributed by atoms with Crippen molar-refractivity contribution < 1.29 is 14.7 Å². The topological polar surface area (TPSA) is 69.6 Å². The summed E-state index contributed by atoms with van der Waals surface area (Å²) < 4.78 is 0. The van der Waals surface area contributed by atoms with Crippen LogP contribution in [0.5, 0.6) is 0 Å². The number of carboxylic acid groups (broad SMARTS) is 1. The lowest BCUT2D eigenvalue weighted by Gasteiger charge is -2.41. The first kappa shape index (κ1) is 14.9. The maximum atomic E-state index is 12.4. The Bertz CT molecular complexity index is 421. The van der Waals surface area contributed by atoms with E-state index in [0.29, 0.717) is 18.3 Å². The van der Waals surface area contributed by atoms with E-state index in [4.69, 9.17) is 5.11 Å². The molecule has 5 heteroatoms. The third-order valence-electron chi connectivity index (χ3n) is 4.57. The fraction of sp³-hybridized carbons (Fsp3) is 0.733. The van der Waals surface area contributed by atoms with Crippen LogP contribution in [0.3, 0.4) is 0 Å². The zero-order valence-electron chi connectivity index (χ0n) is 12.4. The van der Waals surface area contributed by atoms with Crippen LogP contribution in [-0.4, -0.2) is 40.6 Å². The Morgan fingerprint density at radius 2 is 1.90 bits per heavy atom. The van der Waals surface area contributed by atoms with Gasteiger partial charge in [0.25, 0.3) is 0 Å². The minimum absolute atomic E-state index is 0.0726. The third kappa shape index (κ3) is 3.14. The normalized spacial score (nSPS) is 37.0. The van der Waals surface area contributed by atoms with E-state index in [9.17, 15) is 9.59 Å². The summed E-state index contributed by atoms with van der Waals surface area (Å²) in [7, 11) is 0. The van der Waals surface area contributed by atoms with E-state index in [1.807, 2.05) is 4.90 Å². The van der Waals surface area contributed by atoms with Gasteiger partial charge in [0, 0.05) is 12.6 Å². The highest BCUT2D eigenvalue weighted by Crippen LogP contribution is 2.27. The number of hydrogen-bond acceptors (Lipinski definition) is 2. The number of aliphatic carboxylic acids is 1. The monoisotopic (exact) mass is 280 g/mol. The van der Waals surface area contributed by atoms with Gasteiger partial charge in [0.05, 0.1) is 12.0 Å². The first-order valence-corrected chi connectivity index (χ1v) is 7.36. The van der Waals surface area contributed by atoms with Crippen molar-refractivity contribution in [1.82, 2.24) is 10.2 Å². The highest BCUT2D eigenvalue weighted by atomic mass is 16.4. The Morgan fingerprint density at radius 3 is 2.50 bits per heavy atom. The first-order valence-electron chi connectivity index (χ1n) is 7.36. The zero-order chi connectivity index (χ0) is 14.9. The van der Waals surface area contributed by atoms with Crippen molar-refractivity contribution in [3.63, 3.8) is 0 Å². The molecule has 0 aromatic heterocycles. The van der Waals surface area contributed by atoms with Crippen LogP contribution >= 0.6 is 0 Å². The molecule has 20 heavy (non-hydrogen) atoms. The zero-order valence-corrected chi connectivity index (χ0v) is 12.4. The van der Waals surface area contributed by atoms with Crippen LogP contribution in [0, 0.1) is 17.8 Å². The van der Waals surface area contributed by atoms with Crippen molar-refractivity contribution in [1.29, 1.82) is 0 Å². The highest BCUT2D eigenvalue weighted by Gasteiger charge is 2.33. The smallest absolute Gasteiger partial charge is 0.318 e. The fourth-order valence-electron chi connectivity index (χ4n) is 3.21. The van der Waals surface area contributed by atoms with E-state index in [1.165, 1.54) is 0 Å². The number of likely N-dealkylation sites (tertiary alicyclic amines) is 1.